The van der Waals surface area contributed by atoms with Crippen molar-refractivity contribution >= 4 is 29.9 Å². The number of benzene rings is 1. The number of aromatic nitrogens is 2. The fourth-order valence-corrected chi connectivity index (χ4v) is 1.93. The van der Waals surface area contributed by atoms with Gasteiger partial charge < -0.3 is 10.6 Å². The Hall–Kier alpha value is -2.15. The molecule has 23 heavy (non-hydrogen) atoms. The van der Waals surface area contributed by atoms with E-state index in [1.165, 1.54) is 18.2 Å². The van der Waals surface area contributed by atoms with E-state index in [4.69, 9.17) is 5.26 Å². The van der Waals surface area contributed by atoms with Crippen LogP contribution in [0.4, 0.5) is 4.39 Å². The van der Waals surface area contributed by atoms with Gasteiger partial charge in [0.2, 0.25) is 0 Å². The predicted molar refractivity (Wildman–Crippen MR) is 96.8 cm³/mol. The van der Waals surface area contributed by atoms with Crippen LogP contribution in [-0.4, -0.2) is 22.8 Å². The molecule has 1 aromatic heterocycles. The summed E-state index contributed by atoms with van der Waals surface area (Å²) in [6, 6.07) is 8.17. The molecular formula is C15H18FIN6. The van der Waals surface area contributed by atoms with E-state index in [0.717, 1.165) is 5.69 Å². The van der Waals surface area contributed by atoms with E-state index in [1.54, 1.807) is 17.9 Å². The zero-order chi connectivity index (χ0) is 15.9. The number of nitrogens with one attached hydrogen (secondary N) is 2. The second-order valence-corrected chi connectivity index (χ2v) is 4.64. The monoisotopic (exact) mass is 428 g/mol. The molecule has 0 aliphatic carbocycles. The van der Waals surface area contributed by atoms with E-state index < -0.39 is 0 Å². The normalized spacial score (nSPS) is 10.6. The minimum absolute atomic E-state index is 0. The van der Waals surface area contributed by atoms with Gasteiger partial charge in [0, 0.05) is 32.4 Å². The molecule has 0 aliphatic rings. The maximum absolute atomic E-state index is 13.7. The predicted octanol–water partition coefficient (Wildman–Crippen LogP) is 1.91. The highest BCUT2D eigenvalue weighted by atomic mass is 127. The molecule has 0 fully saturated rings. The molecule has 1 aromatic carbocycles. The van der Waals surface area contributed by atoms with Gasteiger partial charge in [0.15, 0.2) is 5.96 Å². The highest BCUT2D eigenvalue weighted by Gasteiger charge is 2.06. The van der Waals surface area contributed by atoms with E-state index in [9.17, 15) is 4.39 Å². The second-order valence-electron chi connectivity index (χ2n) is 4.64. The van der Waals surface area contributed by atoms with Crippen LogP contribution in [0, 0.1) is 17.1 Å². The number of nitriles is 1. The molecule has 2 rings (SSSR count). The third-order valence-electron chi connectivity index (χ3n) is 3.20. The van der Waals surface area contributed by atoms with Crippen molar-refractivity contribution in [2.24, 2.45) is 12.0 Å². The largest absolute Gasteiger partial charge is 0.352 e. The first-order valence-corrected chi connectivity index (χ1v) is 6.74. The molecule has 0 radical (unpaired) electrons. The Kier molecular flexibility index (Phi) is 7.47. The third kappa shape index (κ3) is 5.21. The van der Waals surface area contributed by atoms with Crippen molar-refractivity contribution in [2.45, 2.75) is 13.1 Å². The van der Waals surface area contributed by atoms with Crippen LogP contribution >= 0.6 is 24.0 Å². The summed E-state index contributed by atoms with van der Waals surface area (Å²) in [5, 5.41) is 19.1. The van der Waals surface area contributed by atoms with Gasteiger partial charge in [0.1, 0.15) is 5.82 Å². The number of hydrogen-bond donors (Lipinski definition) is 2. The van der Waals surface area contributed by atoms with Crippen molar-refractivity contribution in [3.63, 3.8) is 0 Å². The fraction of sp³-hybridized carbons (Fsp3) is 0.267. The van der Waals surface area contributed by atoms with Crippen LogP contribution in [0.1, 0.15) is 16.8 Å². The van der Waals surface area contributed by atoms with Crippen molar-refractivity contribution in [1.29, 1.82) is 5.26 Å². The standard InChI is InChI=1S/C15H17FN6.HI/c1-18-15(20-10-13-5-6-21-22(13)2)19-9-12-7-11(8-17)3-4-14(12)16;/h3-7H,9-10H2,1-2H3,(H2,18,19,20);1H. The molecule has 1 heterocycles. The van der Waals surface area contributed by atoms with E-state index >= 15 is 0 Å². The zero-order valence-electron chi connectivity index (χ0n) is 12.9. The van der Waals surface area contributed by atoms with Crippen molar-refractivity contribution in [1.82, 2.24) is 20.4 Å². The molecule has 0 spiro atoms. The SMILES string of the molecule is CN=C(NCc1cc(C#N)ccc1F)NCc1ccnn1C.I. The third-order valence-corrected chi connectivity index (χ3v) is 3.20. The van der Waals surface area contributed by atoms with Gasteiger partial charge in [-0.2, -0.15) is 10.4 Å². The molecule has 0 atom stereocenters. The Morgan fingerprint density at radius 1 is 1.35 bits per heavy atom. The summed E-state index contributed by atoms with van der Waals surface area (Å²) in [6.07, 6.45) is 1.72. The number of rotatable bonds is 4. The van der Waals surface area contributed by atoms with Crippen LogP contribution in [0.25, 0.3) is 0 Å². The topological polar surface area (TPSA) is 78.0 Å². The van der Waals surface area contributed by atoms with Crippen LogP contribution in [-0.2, 0) is 20.1 Å². The van der Waals surface area contributed by atoms with Crippen molar-refractivity contribution in [3.05, 3.63) is 53.1 Å². The van der Waals surface area contributed by atoms with Gasteiger partial charge in [0.25, 0.3) is 0 Å². The van der Waals surface area contributed by atoms with E-state index in [1.807, 2.05) is 19.2 Å². The Labute approximate surface area is 151 Å². The van der Waals surface area contributed by atoms with E-state index in [0.29, 0.717) is 23.6 Å². The number of aliphatic imine (C=N–C) groups is 1. The number of nitrogens with zero attached hydrogens (tertiary/aromatic N) is 4. The minimum Gasteiger partial charge on any atom is -0.352 e. The molecule has 0 aliphatic heterocycles. The number of hydrogen-bond acceptors (Lipinski definition) is 3. The first-order valence-electron chi connectivity index (χ1n) is 6.74. The molecule has 0 amide bonds. The minimum atomic E-state index is -0.353. The van der Waals surface area contributed by atoms with Gasteiger partial charge in [-0.3, -0.25) is 9.67 Å². The lowest BCUT2D eigenvalue weighted by Crippen LogP contribution is -2.36. The average molecular weight is 428 g/mol. The van der Waals surface area contributed by atoms with Crippen LogP contribution in [0.3, 0.4) is 0 Å². The maximum Gasteiger partial charge on any atom is 0.191 e. The van der Waals surface area contributed by atoms with Crippen LogP contribution in [0.5, 0.6) is 0 Å². The molecule has 8 heteroatoms. The number of guanidine groups is 1. The summed E-state index contributed by atoms with van der Waals surface area (Å²) < 4.78 is 15.5. The van der Waals surface area contributed by atoms with Crippen molar-refractivity contribution in [2.75, 3.05) is 7.05 Å². The fourth-order valence-electron chi connectivity index (χ4n) is 1.93. The lowest BCUT2D eigenvalue weighted by Gasteiger charge is -2.12. The van der Waals surface area contributed by atoms with E-state index in [-0.39, 0.29) is 36.3 Å². The molecule has 6 nitrogen and oxygen atoms in total. The lowest BCUT2D eigenvalue weighted by atomic mass is 10.1. The lowest BCUT2D eigenvalue weighted by molar-refractivity contribution is 0.604. The van der Waals surface area contributed by atoms with Gasteiger partial charge in [-0.15, -0.1) is 24.0 Å². The Morgan fingerprint density at radius 2 is 2.09 bits per heavy atom. The van der Waals surface area contributed by atoms with E-state index in [2.05, 4.69) is 20.7 Å². The number of halogens is 2. The van der Waals surface area contributed by atoms with Crippen molar-refractivity contribution < 1.29 is 4.39 Å². The molecule has 2 aromatic rings. The Morgan fingerprint density at radius 3 is 2.70 bits per heavy atom. The molecule has 2 N–H and O–H groups in total. The molecule has 122 valence electrons. The first-order chi connectivity index (χ1) is 10.6. The Bertz CT molecular complexity index is 719. The first kappa shape index (κ1) is 18.9. The zero-order valence-corrected chi connectivity index (χ0v) is 15.2. The highest BCUT2D eigenvalue weighted by Crippen LogP contribution is 2.09. The van der Waals surface area contributed by atoms with Crippen LogP contribution < -0.4 is 10.6 Å². The van der Waals surface area contributed by atoms with Crippen LogP contribution in [0.2, 0.25) is 0 Å². The smallest absolute Gasteiger partial charge is 0.191 e. The number of aryl methyl sites for hydroxylation is 1. The van der Waals surface area contributed by atoms with Gasteiger partial charge >= 0.3 is 0 Å². The van der Waals surface area contributed by atoms with Gasteiger partial charge in [-0.1, -0.05) is 0 Å². The average Bonchev–Trinajstić information content (AvgIpc) is 2.94. The quantitative estimate of drug-likeness (QED) is 0.443. The molecule has 0 unspecified atom stereocenters. The molecule has 0 bridgehead atoms. The molecule has 0 saturated heterocycles. The highest BCUT2D eigenvalue weighted by molar-refractivity contribution is 14.0. The van der Waals surface area contributed by atoms with Crippen LogP contribution in [0.15, 0.2) is 35.5 Å². The summed E-state index contributed by atoms with van der Waals surface area (Å²) in [6.45, 7) is 0.795. The maximum atomic E-state index is 13.7. The Balaban J connectivity index is 0.00000264. The molecule has 0 saturated carbocycles. The summed E-state index contributed by atoms with van der Waals surface area (Å²) in [4.78, 5) is 4.08. The molecular weight excluding hydrogens is 410 g/mol. The van der Waals surface area contributed by atoms with Gasteiger partial charge in [-0.05, 0) is 24.3 Å². The summed E-state index contributed by atoms with van der Waals surface area (Å²) in [7, 11) is 3.50. The van der Waals surface area contributed by atoms with Crippen molar-refractivity contribution in [3.8, 4) is 6.07 Å². The van der Waals surface area contributed by atoms with Gasteiger partial charge in [0.05, 0.1) is 23.9 Å². The summed E-state index contributed by atoms with van der Waals surface area (Å²) >= 11 is 0. The summed E-state index contributed by atoms with van der Waals surface area (Å²) in [5.41, 5.74) is 1.85. The second kappa shape index (κ2) is 9.09. The summed E-state index contributed by atoms with van der Waals surface area (Å²) in [5.74, 6) is 0.191. The van der Waals surface area contributed by atoms with Gasteiger partial charge in [-0.25, -0.2) is 4.39 Å².